The monoisotopic (exact) mass is 451 g/mol. The average molecular weight is 452 g/mol. The van der Waals surface area contributed by atoms with Gasteiger partial charge in [0.1, 0.15) is 12.3 Å². The van der Waals surface area contributed by atoms with Crippen molar-refractivity contribution in [3.63, 3.8) is 0 Å². The molecule has 0 bridgehead atoms. The van der Waals surface area contributed by atoms with Gasteiger partial charge in [0.25, 0.3) is 5.91 Å². The van der Waals surface area contributed by atoms with Crippen molar-refractivity contribution >= 4 is 34.5 Å². The number of anilines is 2. The second-order valence-corrected chi connectivity index (χ2v) is 8.39. The molecule has 3 aromatic rings. The molecule has 0 saturated heterocycles. The molecule has 0 aliphatic carbocycles. The lowest BCUT2D eigenvalue weighted by Crippen LogP contribution is -2.43. The Hall–Kier alpha value is -3.59. The zero-order valence-corrected chi connectivity index (χ0v) is 18.2. The van der Waals surface area contributed by atoms with E-state index in [9.17, 15) is 9.59 Å². The van der Waals surface area contributed by atoms with E-state index in [4.69, 9.17) is 14.2 Å². The molecule has 0 fully saturated rings. The first-order chi connectivity index (χ1) is 15.6. The van der Waals surface area contributed by atoms with E-state index >= 15 is 0 Å². The van der Waals surface area contributed by atoms with Crippen LogP contribution in [0, 0.1) is 0 Å². The molecule has 1 aromatic heterocycles. The fourth-order valence-corrected chi connectivity index (χ4v) is 4.53. The van der Waals surface area contributed by atoms with E-state index in [2.05, 4.69) is 17.2 Å². The van der Waals surface area contributed by atoms with Crippen LogP contribution in [0.15, 0.2) is 41.8 Å². The highest BCUT2D eigenvalue weighted by Gasteiger charge is 2.28. The molecule has 0 unspecified atom stereocenters. The summed E-state index contributed by atoms with van der Waals surface area (Å²) in [6, 6.07) is 10.8. The molecular formula is C23H21N3O5S. The number of amides is 2. The van der Waals surface area contributed by atoms with E-state index in [1.54, 1.807) is 29.5 Å². The minimum absolute atomic E-state index is 0.110. The van der Waals surface area contributed by atoms with Gasteiger partial charge in [0, 0.05) is 22.7 Å². The van der Waals surface area contributed by atoms with Crippen LogP contribution in [0.25, 0.3) is 11.3 Å². The third kappa shape index (κ3) is 3.99. The summed E-state index contributed by atoms with van der Waals surface area (Å²) in [5.74, 6) is 1.17. The van der Waals surface area contributed by atoms with Crippen molar-refractivity contribution in [2.75, 3.05) is 30.2 Å². The molecule has 2 amide bonds. The summed E-state index contributed by atoms with van der Waals surface area (Å²) in [6.07, 6.45) is 1.97. The Bertz CT molecular complexity index is 1190. The molecule has 3 heterocycles. The summed E-state index contributed by atoms with van der Waals surface area (Å²) in [5.41, 5.74) is 2.86. The van der Waals surface area contributed by atoms with Crippen molar-refractivity contribution in [1.82, 2.24) is 4.98 Å². The third-order valence-corrected chi connectivity index (χ3v) is 6.08. The number of carbonyl (C=O) groups is 2. The van der Waals surface area contributed by atoms with Crippen molar-refractivity contribution in [3.05, 3.63) is 46.8 Å². The minimum Gasteiger partial charge on any atom is -0.482 e. The average Bonchev–Trinajstić information content (AvgIpc) is 3.45. The van der Waals surface area contributed by atoms with Gasteiger partial charge in [-0.25, -0.2) is 4.98 Å². The van der Waals surface area contributed by atoms with E-state index in [0.717, 1.165) is 29.1 Å². The molecule has 164 valence electrons. The molecule has 9 heteroatoms. The van der Waals surface area contributed by atoms with Crippen molar-refractivity contribution in [2.24, 2.45) is 0 Å². The van der Waals surface area contributed by atoms with Crippen LogP contribution in [0.2, 0.25) is 0 Å². The number of hydrogen-bond donors (Lipinski definition) is 1. The fraction of sp³-hybridized carbons (Fsp3) is 0.261. The summed E-state index contributed by atoms with van der Waals surface area (Å²) in [4.78, 5) is 31.5. The number of hydrogen-bond acceptors (Lipinski definition) is 7. The molecule has 0 radical (unpaired) electrons. The van der Waals surface area contributed by atoms with Gasteiger partial charge in [-0.3, -0.25) is 14.5 Å². The number of nitrogens with zero attached hydrogens (tertiary/aromatic N) is 2. The summed E-state index contributed by atoms with van der Waals surface area (Å²) < 4.78 is 16.2. The van der Waals surface area contributed by atoms with Gasteiger partial charge in [-0.15, -0.1) is 11.3 Å². The Morgan fingerprint density at radius 1 is 1.12 bits per heavy atom. The Balaban J connectivity index is 1.36. The highest BCUT2D eigenvalue weighted by molar-refractivity contribution is 7.09. The van der Waals surface area contributed by atoms with E-state index in [1.807, 2.05) is 23.6 Å². The molecule has 2 aliphatic rings. The number of aromatic nitrogens is 1. The molecule has 8 nitrogen and oxygen atoms in total. The Kier molecular flexibility index (Phi) is 5.40. The molecule has 5 rings (SSSR count). The smallest absolute Gasteiger partial charge is 0.265 e. The molecule has 1 N–H and O–H groups in total. The zero-order valence-electron chi connectivity index (χ0n) is 17.4. The number of benzene rings is 2. The van der Waals surface area contributed by atoms with Gasteiger partial charge in [-0.2, -0.15) is 0 Å². The fourth-order valence-electron chi connectivity index (χ4n) is 3.63. The summed E-state index contributed by atoms with van der Waals surface area (Å²) in [6.45, 7) is 2.04. The molecule has 32 heavy (non-hydrogen) atoms. The maximum absolute atomic E-state index is 12.7. The minimum atomic E-state index is -0.325. The van der Waals surface area contributed by atoms with Crippen molar-refractivity contribution in [1.29, 1.82) is 0 Å². The van der Waals surface area contributed by atoms with Crippen molar-refractivity contribution in [3.8, 4) is 28.5 Å². The molecule has 0 atom stereocenters. The summed E-state index contributed by atoms with van der Waals surface area (Å²) in [7, 11) is 0. The largest absolute Gasteiger partial charge is 0.482 e. The van der Waals surface area contributed by atoms with Gasteiger partial charge in [-0.05, 0) is 43.2 Å². The van der Waals surface area contributed by atoms with Crippen LogP contribution >= 0.6 is 11.3 Å². The normalized spacial score (nSPS) is 14.2. The van der Waals surface area contributed by atoms with Crippen molar-refractivity contribution in [2.45, 2.75) is 19.8 Å². The maximum Gasteiger partial charge on any atom is 0.265 e. The lowest BCUT2D eigenvalue weighted by molar-refractivity contribution is -0.123. The number of ether oxygens (including phenoxy) is 3. The van der Waals surface area contributed by atoms with Crippen LogP contribution < -0.4 is 24.4 Å². The van der Waals surface area contributed by atoms with Crippen LogP contribution in [0.3, 0.4) is 0 Å². The lowest BCUT2D eigenvalue weighted by atomic mass is 10.1. The quantitative estimate of drug-likeness (QED) is 0.612. The van der Waals surface area contributed by atoms with Crippen LogP contribution in [-0.2, 0) is 16.0 Å². The number of aryl methyl sites for hydroxylation is 1. The molecule has 2 aromatic carbocycles. The van der Waals surface area contributed by atoms with Gasteiger partial charge < -0.3 is 19.5 Å². The van der Waals surface area contributed by atoms with Gasteiger partial charge in [0.2, 0.25) is 12.7 Å². The van der Waals surface area contributed by atoms with Crippen LogP contribution in [-0.4, -0.2) is 36.7 Å². The molecular weight excluding hydrogens is 430 g/mol. The van der Waals surface area contributed by atoms with Gasteiger partial charge in [0.05, 0.1) is 16.4 Å². The highest BCUT2D eigenvalue weighted by Crippen LogP contribution is 2.37. The van der Waals surface area contributed by atoms with E-state index < -0.39 is 0 Å². The summed E-state index contributed by atoms with van der Waals surface area (Å²) in [5, 5.41) is 5.90. The second kappa shape index (κ2) is 8.51. The number of rotatable bonds is 6. The van der Waals surface area contributed by atoms with Gasteiger partial charge in [-0.1, -0.05) is 6.92 Å². The number of fused-ring (bicyclic) bond motifs is 2. The van der Waals surface area contributed by atoms with Crippen molar-refractivity contribution < 1.29 is 23.8 Å². The van der Waals surface area contributed by atoms with Gasteiger partial charge >= 0.3 is 0 Å². The number of thiazole rings is 1. The Morgan fingerprint density at radius 3 is 2.84 bits per heavy atom. The maximum atomic E-state index is 12.7. The van der Waals surface area contributed by atoms with E-state index in [1.165, 1.54) is 4.90 Å². The Morgan fingerprint density at radius 2 is 1.97 bits per heavy atom. The topological polar surface area (TPSA) is 90.0 Å². The summed E-state index contributed by atoms with van der Waals surface area (Å²) >= 11 is 1.62. The molecule has 0 saturated carbocycles. The Labute approximate surface area is 188 Å². The second-order valence-electron chi connectivity index (χ2n) is 7.44. The first-order valence-electron chi connectivity index (χ1n) is 10.3. The lowest BCUT2D eigenvalue weighted by Gasteiger charge is -2.29. The molecule has 2 aliphatic heterocycles. The van der Waals surface area contributed by atoms with Crippen LogP contribution in [0.5, 0.6) is 17.2 Å². The zero-order chi connectivity index (χ0) is 22.1. The van der Waals surface area contributed by atoms with Crippen LogP contribution in [0.4, 0.5) is 11.4 Å². The predicted octanol–water partition coefficient (Wildman–Crippen LogP) is 3.86. The predicted molar refractivity (Wildman–Crippen MR) is 121 cm³/mol. The first kappa shape index (κ1) is 20.3. The van der Waals surface area contributed by atoms with E-state index in [-0.39, 0.29) is 31.8 Å². The van der Waals surface area contributed by atoms with E-state index in [0.29, 0.717) is 28.6 Å². The SMILES string of the molecule is CCCc1nc(-c2ccc3c(c2)N(CC(=O)Nc2ccc4c(c2)OCO4)C(=O)CO3)cs1. The van der Waals surface area contributed by atoms with Crippen LogP contribution in [0.1, 0.15) is 18.4 Å². The standard InChI is InChI=1S/C23H21N3O5S/c1-2-3-22-25-16(12-32-22)14-4-6-18-17(8-14)26(23(28)11-29-18)10-21(27)24-15-5-7-19-20(9-15)31-13-30-19/h4-9,12H,2-3,10-11,13H2,1H3,(H,24,27). The van der Waals surface area contributed by atoms with Gasteiger partial charge in [0.15, 0.2) is 18.1 Å². The number of nitrogens with one attached hydrogen (secondary N) is 1. The highest BCUT2D eigenvalue weighted by atomic mass is 32.1. The number of carbonyl (C=O) groups excluding carboxylic acids is 2. The third-order valence-electron chi connectivity index (χ3n) is 5.17. The molecule has 0 spiro atoms. The first-order valence-corrected chi connectivity index (χ1v) is 11.2.